The maximum absolute atomic E-state index is 12.9. The second kappa shape index (κ2) is 7.70. The average molecular weight is 402 g/mol. The van der Waals surface area contributed by atoms with Crippen molar-refractivity contribution in [2.24, 2.45) is 11.8 Å². The van der Waals surface area contributed by atoms with Gasteiger partial charge in [0.05, 0.1) is 5.75 Å². The highest BCUT2D eigenvalue weighted by Gasteiger charge is 2.33. The summed E-state index contributed by atoms with van der Waals surface area (Å²) in [4.78, 5) is 26.7. The second-order valence-corrected chi connectivity index (χ2v) is 10.3. The van der Waals surface area contributed by atoms with E-state index >= 15 is 0 Å². The van der Waals surface area contributed by atoms with Crippen LogP contribution in [0.2, 0.25) is 0 Å². The molecular formula is C21H27N3OS2. The summed E-state index contributed by atoms with van der Waals surface area (Å²) in [6, 6.07) is 0. The molecule has 5 rings (SSSR count). The molecule has 0 spiro atoms. The van der Waals surface area contributed by atoms with E-state index in [1.165, 1.54) is 67.2 Å². The molecule has 0 aromatic carbocycles. The third-order valence-corrected chi connectivity index (χ3v) is 8.87. The minimum absolute atomic E-state index is 0.292. The monoisotopic (exact) mass is 401 g/mol. The van der Waals surface area contributed by atoms with Crippen molar-refractivity contribution in [3.05, 3.63) is 16.8 Å². The van der Waals surface area contributed by atoms with E-state index in [4.69, 9.17) is 0 Å². The van der Waals surface area contributed by atoms with Crippen molar-refractivity contribution in [1.82, 2.24) is 14.9 Å². The van der Waals surface area contributed by atoms with E-state index in [1.54, 1.807) is 18.1 Å². The largest absolute Gasteiger partial charge is 0.342 e. The molecule has 0 bridgehead atoms. The number of carbonyl (C=O) groups excluding carboxylic acids is 1. The molecule has 6 heteroatoms. The van der Waals surface area contributed by atoms with E-state index in [9.17, 15) is 4.79 Å². The number of aromatic nitrogens is 2. The van der Waals surface area contributed by atoms with Gasteiger partial charge in [-0.25, -0.2) is 9.97 Å². The fourth-order valence-electron chi connectivity index (χ4n) is 5.22. The van der Waals surface area contributed by atoms with Crippen LogP contribution in [-0.2, 0) is 17.6 Å². The fraction of sp³-hybridized carbons (Fsp3) is 0.667. The Bertz CT molecular complexity index is 849. The number of likely N-dealkylation sites (tertiary alicyclic amines) is 1. The van der Waals surface area contributed by atoms with Gasteiger partial charge in [-0.2, -0.15) is 0 Å². The first-order valence-electron chi connectivity index (χ1n) is 10.5. The Balaban J connectivity index is 1.29. The molecule has 3 aliphatic rings. The fourth-order valence-corrected chi connectivity index (χ4v) is 7.44. The Labute approximate surface area is 169 Å². The van der Waals surface area contributed by atoms with Gasteiger partial charge in [0.2, 0.25) is 5.91 Å². The highest BCUT2D eigenvalue weighted by molar-refractivity contribution is 8.00. The third-order valence-electron chi connectivity index (χ3n) is 6.69. The van der Waals surface area contributed by atoms with Crippen LogP contribution in [0.15, 0.2) is 11.4 Å². The molecule has 1 aliphatic heterocycles. The number of amides is 1. The SMILES string of the molecule is O=C(CSc1ncnc2sc3c(c12)CCCC3)N1CC[C@@H]2CCCC[C@H]2C1. The highest BCUT2D eigenvalue weighted by Crippen LogP contribution is 2.40. The Kier molecular flexibility index (Phi) is 5.11. The van der Waals surface area contributed by atoms with E-state index in [-0.39, 0.29) is 0 Å². The van der Waals surface area contributed by atoms with Gasteiger partial charge in [-0.3, -0.25) is 4.79 Å². The van der Waals surface area contributed by atoms with Crippen LogP contribution in [0.4, 0.5) is 0 Å². The summed E-state index contributed by atoms with van der Waals surface area (Å²) in [6.07, 6.45) is 13.2. The van der Waals surface area contributed by atoms with Crippen LogP contribution in [0.25, 0.3) is 10.2 Å². The number of nitrogens with zero attached hydrogens (tertiary/aromatic N) is 3. The summed E-state index contributed by atoms with van der Waals surface area (Å²) < 4.78 is 0. The molecule has 144 valence electrons. The summed E-state index contributed by atoms with van der Waals surface area (Å²) in [7, 11) is 0. The van der Waals surface area contributed by atoms with Gasteiger partial charge in [-0.15, -0.1) is 11.3 Å². The van der Waals surface area contributed by atoms with Crippen LogP contribution >= 0.6 is 23.1 Å². The van der Waals surface area contributed by atoms with E-state index in [1.807, 2.05) is 11.3 Å². The van der Waals surface area contributed by atoms with Crippen LogP contribution in [0.5, 0.6) is 0 Å². The molecule has 1 saturated heterocycles. The molecule has 2 aromatic rings. The number of thioether (sulfide) groups is 1. The van der Waals surface area contributed by atoms with Gasteiger partial charge in [-0.05, 0) is 55.9 Å². The van der Waals surface area contributed by atoms with E-state index in [0.29, 0.717) is 11.7 Å². The van der Waals surface area contributed by atoms with Gasteiger partial charge in [0.1, 0.15) is 16.2 Å². The Morgan fingerprint density at radius 2 is 1.96 bits per heavy atom. The van der Waals surface area contributed by atoms with Crippen LogP contribution < -0.4 is 0 Å². The topological polar surface area (TPSA) is 46.1 Å². The van der Waals surface area contributed by atoms with Crippen LogP contribution in [-0.4, -0.2) is 39.6 Å². The van der Waals surface area contributed by atoms with Crippen molar-refractivity contribution in [1.29, 1.82) is 0 Å². The first kappa shape index (κ1) is 17.9. The first-order chi connectivity index (χ1) is 13.3. The number of carbonyl (C=O) groups is 1. The summed E-state index contributed by atoms with van der Waals surface area (Å²) in [5, 5.41) is 2.25. The zero-order chi connectivity index (χ0) is 18.2. The van der Waals surface area contributed by atoms with Crippen LogP contribution in [0.3, 0.4) is 0 Å². The Morgan fingerprint density at radius 3 is 2.89 bits per heavy atom. The number of hydrogen-bond acceptors (Lipinski definition) is 5. The minimum atomic E-state index is 0.292. The van der Waals surface area contributed by atoms with Gasteiger partial charge in [-0.1, -0.05) is 31.0 Å². The van der Waals surface area contributed by atoms with Crippen LogP contribution in [0, 0.1) is 11.8 Å². The first-order valence-corrected chi connectivity index (χ1v) is 12.3. The lowest BCUT2D eigenvalue weighted by Gasteiger charge is -2.41. The summed E-state index contributed by atoms with van der Waals surface area (Å²) in [5.74, 6) is 2.42. The minimum Gasteiger partial charge on any atom is -0.342 e. The normalized spacial score (nSPS) is 25.3. The molecule has 2 fully saturated rings. The highest BCUT2D eigenvalue weighted by atomic mass is 32.2. The van der Waals surface area contributed by atoms with Crippen molar-refractivity contribution < 1.29 is 4.79 Å². The molecule has 2 aromatic heterocycles. The van der Waals surface area contributed by atoms with Crippen molar-refractivity contribution >= 4 is 39.2 Å². The van der Waals surface area contributed by atoms with Crippen LogP contribution in [0.1, 0.15) is 55.4 Å². The molecule has 2 aliphatic carbocycles. The number of thiophene rings is 1. The lowest BCUT2D eigenvalue weighted by atomic mass is 9.75. The number of aryl methyl sites for hydroxylation is 2. The molecule has 2 atom stereocenters. The van der Waals surface area contributed by atoms with Gasteiger partial charge in [0.25, 0.3) is 0 Å². The van der Waals surface area contributed by atoms with E-state index in [0.717, 1.165) is 41.2 Å². The Hall–Kier alpha value is -1.14. The lowest BCUT2D eigenvalue weighted by Crippen LogP contribution is -2.45. The number of piperidine rings is 1. The zero-order valence-electron chi connectivity index (χ0n) is 15.8. The molecule has 27 heavy (non-hydrogen) atoms. The summed E-state index contributed by atoms with van der Waals surface area (Å²) >= 11 is 3.45. The summed E-state index contributed by atoms with van der Waals surface area (Å²) in [5.41, 5.74) is 1.46. The predicted octanol–water partition coefficient (Wildman–Crippen LogP) is 4.70. The molecular weight excluding hydrogens is 374 g/mol. The average Bonchev–Trinajstić information content (AvgIpc) is 3.11. The standard InChI is InChI=1S/C21H27N3OS2/c25-18(24-10-9-14-5-1-2-6-15(14)11-24)12-26-20-19-16-7-3-4-8-17(16)27-21(19)23-13-22-20/h13-15H,1-12H2/t14-,15-/m0/s1. The number of fused-ring (bicyclic) bond motifs is 4. The smallest absolute Gasteiger partial charge is 0.232 e. The molecule has 1 amide bonds. The quantitative estimate of drug-likeness (QED) is 0.552. The lowest BCUT2D eigenvalue weighted by molar-refractivity contribution is -0.131. The zero-order valence-corrected chi connectivity index (χ0v) is 17.4. The number of rotatable bonds is 3. The molecule has 3 heterocycles. The van der Waals surface area contributed by atoms with Gasteiger partial charge < -0.3 is 4.90 Å². The molecule has 0 radical (unpaired) electrons. The molecule has 4 nitrogen and oxygen atoms in total. The van der Waals surface area contributed by atoms with E-state index in [2.05, 4.69) is 14.9 Å². The molecule has 0 unspecified atom stereocenters. The predicted molar refractivity (Wildman–Crippen MR) is 111 cm³/mol. The third kappa shape index (κ3) is 3.51. The maximum Gasteiger partial charge on any atom is 0.232 e. The van der Waals surface area contributed by atoms with Gasteiger partial charge in [0, 0.05) is 23.4 Å². The second-order valence-electron chi connectivity index (χ2n) is 8.29. The van der Waals surface area contributed by atoms with Gasteiger partial charge in [0.15, 0.2) is 0 Å². The molecule has 0 N–H and O–H groups in total. The summed E-state index contributed by atoms with van der Waals surface area (Å²) in [6.45, 7) is 1.94. The van der Waals surface area contributed by atoms with E-state index < -0.39 is 0 Å². The number of hydrogen-bond donors (Lipinski definition) is 0. The van der Waals surface area contributed by atoms with Crippen molar-refractivity contribution in [3.63, 3.8) is 0 Å². The van der Waals surface area contributed by atoms with Crippen molar-refractivity contribution in [3.8, 4) is 0 Å². The van der Waals surface area contributed by atoms with Crippen molar-refractivity contribution in [2.75, 3.05) is 18.8 Å². The Morgan fingerprint density at radius 1 is 1.11 bits per heavy atom. The maximum atomic E-state index is 12.9. The van der Waals surface area contributed by atoms with Crippen molar-refractivity contribution in [2.45, 2.75) is 62.8 Å². The van der Waals surface area contributed by atoms with Gasteiger partial charge >= 0.3 is 0 Å². The molecule has 1 saturated carbocycles.